The molecule has 0 amide bonds. The molecule has 0 fully saturated rings. The summed E-state index contributed by atoms with van der Waals surface area (Å²) in [7, 11) is 1.89. The van der Waals surface area contributed by atoms with Crippen LogP contribution in [0, 0.1) is 0 Å². The zero-order valence-electron chi connectivity index (χ0n) is 9.31. The van der Waals surface area contributed by atoms with E-state index >= 15 is 0 Å². The Kier molecular flexibility index (Phi) is 4.99. The van der Waals surface area contributed by atoms with E-state index in [1.165, 1.54) is 0 Å². The summed E-state index contributed by atoms with van der Waals surface area (Å²) in [5.74, 6) is -0.116. The maximum atomic E-state index is 11.2. The van der Waals surface area contributed by atoms with Gasteiger partial charge in [0.2, 0.25) is 0 Å². The number of rotatable bonds is 4. The summed E-state index contributed by atoms with van der Waals surface area (Å²) in [4.78, 5) is 11.2. The second-order valence-electron chi connectivity index (χ2n) is 4.31. The number of hydrogen-bond acceptors (Lipinski definition) is 3. The van der Waals surface area contributed by atoms with E-state index in [4.69, 9.17) is 4.74 Å². The van der Waals surface area contributed by atoms with Crippen LogP contribution in [0.15, 0.2) is 0 Å². The number of hydrogen-bond donors (Lipinski definition) is 1. The van der Waals surface area contributed by atoms with E-state index in [9.17, 15) is 4.79 Å². The average Bonchev–Trinajstić information content (AvgIpc) is 1.97. The lowest BCUT2D eigenvalue weighted by atomic mass is 10.1. The summed E-state index contributed by atoms with van der Waals surface area (Å²) in [5.41, 5.74) is -0.361. The van der Waals surface area contributed by atoms with Crippen molar-refractivity contribution < 1.29 is 9.53 Å². The van der Waals surface area contributed by atoms with Gasteiger partial charge in [-0.1, -0.05) is 0 Å². The third-order valence-corrected chi connectivity index (χ3v) is 1.69. The highest BCUT2D eigenvalue weighted by Crippen LogP contribution is 2.09. The van der Waals surface area contributed by atoms with Crippen LogP contribution in [-0.2, 0) is 9.53 Å². The third-order valence-electron chi connectivity index (χ3n) is 1.69. The zero-order valence-corrected chi connectivity index (χ0v) is 9.31. The molecule has 0 aromatic heterocycles. The van der Waals surface area contributed by atoms with Crippen LogP contribution in [0.4, 0.5) is 0 Å². The van der Waals surface area contributed by atoms with Crippen molar-refractivity contribution in [1.29, 1.82) is 0 Å². The average molecular weight is 187 g/mol. The van der Waals surface area contributed by atoms with Gasteiger partial charge < -0.3 is 10.1 Å². The van der Waals surface area contributed by atoms with Crippen LogP contribution in [0.2, 0.25) is 0 Å². The fraction of sp³-hybridized carbons (Fsp3) is 0.900. The van der Waals surface area contributed by atoms with Gasteiger partial charge in [-0.2, -0.15) is 0 Å². The second-order valence-corrected chi connectivity index (χ2v) is 4.31. The standard InChI is InChI=1S/C10H21NO2/c1-8(11-5)6-7-9(12)13-10(2,3)4/h8,11H,6-7H2,1-5H3/t8-/m1/s1. The van der Waals surface area contributed by atoms with Gasteiger partial charge in [-0.3, -0.25) is 4.79 Å². The molecular weight excluding hydrogens is 166 g/mol. The fourth-order valence-electron chi connectivity index (χ4n) is 0.871. The zero-order chi connectivity index (χ0) is 10.5. The van der Waals surface area contributed by atoms with Gasteiger partial charge in [0, 0.05) is 12.5 Å². The second kappa shape index (κ2) is 5.22. The molecular formula is C10H21NO2. The molecule has 1 atom stereocenters. The molecule has 0 aromatic carbocycles. The highest BCUT2D eigenvalue weighted by atomic mass is 16.6. The van der Waals surface area contributed by atoms with Crippen LogP contribution in [0.3, 0.4) is 0 Å². The van der Waals surface area contributed by atoms with E-state index < -0.39 is 0 Å². The van der Waals surface area contributed by atoms with Gasteiger partial charge in [0.25, 0.3) is 0 Å². The molecule has 0 rings (SSSR count). The largest absolute Gasteiger partial charge is 0.460 e. The van der Waals surface area contributed by atoms with E-state index in [2.05, 4.69) is 5.32 Å². The highest BCUT2D eigenvalue weighted by molar-refractivity contribution is 5.69. The molecule has 0 aliphatic rings. The molecule has 0 saturated heterocycles. The molecule has 0 heterocycles. The highest BCUT2D eigenvalue weighted by Gasteiger charge is 2.16. The molecule has 0 aromatic rings. The van der Waals surface area contributed by atoms with Crippen LogP contribution in [0.25, 0.3) is 0 Å². The summed E-state index contributed by atoms with van der Waals surface area (Å²) in [6, 6.07) is 0.368. The van der Waals surface area contributed by atoms with Crippen molar-refractivity contribution in [1.82, 2.24) is 5.32 Å². The number of esters is 1. The van der Waals surface area contributed by atoms with E-state index in [-0.39, 0.29) is 11.6 Å². The summed E-state index contributed by atoms with van der Waals surface area (Å²) in [5, 5.41) is 3.08. The maximum Gasteiger partial charge on any atom is 0.306 e. The summed E-state index contributed by atoms with van der Waals surface area (Å²) < 4.78 is 5.17. The summed E-state index contributed by atoms with van der Waals surface area (Å²) in [6.45, 7) is 7.69. The Balaban J connectivity index is 3.64. The number of nitrogens with one attached hydrogen (secondary N) is 1. The first-order valence-corrected chi connectivity index (χ1v) is 4.74. The van der Waals surface area contributed by atoms with Gasteiger partial charge in [0.15, 0.2) is 0 Å². The van der Waals surface area contributed by atoms with Crippen molar-refractivity contribution in [2.75, 3.05) is 7.05 Å². The van der Waals surface area contributed by atoms with Crippen molar-refractivity contribution in [2.24, 2.45) is 0 Å². The van der Waals surface area contributed by atoms with Gasteiger partial charge in [-0.25, -0.2) is 0 Å². The van der Waals surface area contributed by atoms with Crippen LogP contribution >= 0.6 is 0 Å². The van der Waals surface area contributed by atoms with Gasteiger partial charge >= 0.3 is 5.97 Å². The summed E-state index contributed by atoms with van der Waals surface area (Å²) in [6.07, 6.45) is 1.31. The molecule has 0 spiro atoms. The topological polar surface area (TPSA) is 38.3 Å². The first-order chi connectivity index (χ1) is 5.85. The number of ether oxygens (including phenoxy) is 1. The van der Waals surface area contributed by atoms with Gasteiger partial charge in [-0.05, 0) is 41.2 Å². The van der Waals surface area contributed by atoms with E-state index in [0.717, 1.165) is 6.42 Å². The summed E-state index contributed by atoms with van der Waals surface area (Å²) >= 11 is 0. The predicted octanol–water partition coefficient (Wildman–Crippen LogP) is 1.72. The van der Waals surface area contributed by atoms with E-state index in [0.29, 0.717) is 12.5 Å². The molecule has 1 N–H and O–H groups in total. The van der Waals surface area contributed by atoms with Gasteiger partial charge in [0.1, 0.15) is 5.60 Å². The van der Waals surface area contributed by atoms with E-state index in [1.54, 1.807) is 0 Å². The minimum absolute atomic E-state index is 0.116. The van der Waals surface area contributed by atoms with Gasteiger partial charge in [-0.15, -0.1) is 0 Å². The Labute approximate surface area is 80.8 Å². The van der Waals surface area contributed by atoms with Crippen LogP contribution in [-0.4, -0.2) is 24.7 Å². The molecule has 0 saturated carbocycles. The van der Waals surface area contributed by atoms with Crippen molar-refractivity contribution >= 4 is 5.97 Å². The first kappa shape index (κ1) is 12.4. The lowest BCUT2D eigenvalue weighted by Crippen LogP contribution is -2.26. The molecule has 3 heteroatoms. The molecule has 0 bridgehead atoms. The quantitative estimate of drug-likeness (QED) is 0.681. The Bertz CT molecular complexity index is 161. The van der Waals surface area contributed by atoms with Gasteiger partial charge in [0.05, 0.1) is 0 Å². The number of carbonyl (C=O) groups excluding carboxylic acids is 1. The van der Waals surface area contributed by atoms with Crippen molar-refractivity contribution in [3.05, 3.63) is 0 Å². The van der Waals surface area contributed by atoms with E-state index in [1.807, 2.05) is 34.7 Å². The van der Waals surface area contributed by atoms with Crippen LogP contribution in [0.5, 0.6) is 0 Å². The normalized spacial score (nSPS) is 13.9. The van der Waals surface area contributed by atoms with Crippen molar-refractivity contribution in [3.8, 4) is 0 Å². The molecule has 0 radical (unpaired) electrons. The molecule has 3 nitrogen and oxygen atoms in total. The van der Waals surface area contributed by atoms with Crippen molar-refractivity contribution in [2.45, 2.75) is 52.2 Å². The molecule has 0 aliphatic heterocycles. The monoisotopic (exact) mass is 187 g/mol. The maximum absolute atomic E-state index is 11.2. The third kappa shape index (κ3) is 7.78. The minimum atomic E-state index is -0.361. The smallest absolute Gasteiger partial charge is 0.306 e. The van der Waals surface area contributed by atoms with Crippen molar-refractivity contribution in [3.63, 3.8) is 0 Å². The first-order valence-electron chi connectivity index (χ1n) is 4.74. The molecule has 78 valence electrons. The minimum Gasteiger partial charge on any atom is -0.460 e. The number of carbonyl (C=O) groups is 1. The molecule has 0 aliphatic carbocycles. The van der Waals surface area contributed by atoms with Crippen LogP contribution in [0.1, 0.15) is 40.5 Å². The Morgan fingerprint density at radius 1 is 1.46 bits per heavy atom. The fourth-order valence-corrected chi connectivity index (χ4v) is 0.871. The Morgan fingerprint density at radius 3 is 2.38 bits per heavy atom. The Hall–Kier alpha value is -0.570. The lowest BCUT2D eigenvalue weighted by molar-refractivity contribution is -0.155. The van der Waals surface area contributed by atoms with Crippen LogP contribution < -0.4 is 5.32 Å². The predicted molar refractivity (Wildman–Crippen MR) is 53.6 cm³/mol. The molecule has 13 heavy (non-hydrogen) atoms. The molecule has 0 unspecified atom stereocenters. The Morgan fingerprint density at radius 2 is 2.00 bits per heavy atom. The SMILES string of the molecule is CN[C@H](C)CCC(=O)OC(C)(C)C. The lowest BCUT2D eigenvalue weighted by Gasteiger charge is -2.20.